The second-order valence-electron chi connectivity index (χ2n) is 5.40. The van der Waals surface area contributed by atoms with Gasteiger partial charge < -0.3 is 9.47 Å². The Labute approximate surface area is 128 Å². The van der Waals surface area contributed by atoms with Gasteiger partial charge in [-0.3, -0.25) is 0 Å². The lowest BCUT2D eigenvalue weighted by Gasteiger charge is -2.33. The van der Waals surface area contributed by atoms with E-state index in [0.717, 1.165) is 30.1 Å². The lowest BCUT2D eigenvalue weighted by atomic mass is 10.0. The van der Waals surface area contributed by atoms with E-state index < -0.39 is 0 Å². The largest absolute Gasteiger partial charge is 0.310 e. The number of rotatable bonds is 3. The van der Waals surface area contributed by atoms with Gasteiger partial charge in [0.1, 0.15) is 11.3 Å². The second kappa shape index (κ2) is 5.88. The van der Waals surface area contributed by atoms with Gasteiger partial charge in [-0.15, -0.1) is 11.6 Å². The molecule has 0 amide bonds. The zero-order valence-electron chi connectivity index (χ0n) is 11.5. The molecule has 0 bridgehead atoms. The maximum Gasteiger partial charge on any atom is 0.160 e. The first kappa shape index (κ1) is 14.1. The van der Waals surface area contributed by atoms with E-state index in [2.05, 4.69) is 26.5 Å². The van der Waals surface area contributed by atoms with Crippen LogP contribution in [0.1, 0.15) is 25.1 Å². The number of nitrogens with zero attached hydrogens (tertiary/aromatic N) is 4. The molecular weight excluding hydrogens is 295 g/mol. The number of aromatic nitrogens is 3. The van der Waals surface area contributed by atoms with Crippen LogP contribution in [0.4, 0.5) is 0 Å². The molecule has 108 valence electrons. The van der Waals surface area contributed by atoms with Gasteiger partial charge in [0.05, 0.1) is 10.9 Å². The van der Waals surface area contributed by atoms with Crippen molar-refractivity contribution in [1.82, 2.24) is 19.4 Å². The van der Waals surface area contributed by atoms with E-state index in [0.29, 0.717) is 16.9 Å². The van der Waals surface area contributed by atoms with Gasteiger partial charge >= 0.3 is 0 Å². The van der Waals surface area contributed by atoms with E-state index in [1.54, 1.807) is 6.20 Å². The van der Waals surface area contributed by atoms with E-state index in [4.69, 9.17) is 23.2 Å². The molecule has 0 N–H and O–H groups in total. The summed E-state index contributed by atoms with van der Waals surface area (Å²) in [6.07, 6.45) is 5.46. The number of hydrogen-bond acceptors (Lipinski definition) is 3. The highest BCUT2D eigenvalue weighted by molar-refractivity contribution is 6.31. The van der Waals surface area contributed by atoms with Crippen molar-refractivity contribution in [3.8, 4) is 0 Å². The highest BCUT2D eigenvalue weighted by Crippen LogP contribution is 2.23. The number of fused-ring (bicyclic) bond motifs is 1. The molecular formula is C14H18Cl2N4. The van der Waals surface area contributed by atoms with E-state index >= 15 is 0 Å². The smallest absolute Gasteiger partial charge is 0.160 e. The maximum absolute atomic E-state index is 6.04. The van der Waals surface area contributed by atoms with Crippen molar-refractivity contribution in [1.29, 1.82) is 0 Å². The molecule has 3 heterocycles. The van der Waals surface area contributed by atoms with Crippen LogP contribution in [0.5, 0.6) is 0 Å². The molecule has 3 rings (SSSR count). The lowest BCUT2D eigenvalue weighted by Crippen LogP contribution is -2.39. The number of pyridine rings is 1. The van der Waals surface area contributed by atoms with Gasteiger partial charge in [0.25, 0.3) is 0 Å². The quantitative estimate of drug-likeness (QED) is 0.815. The van der Waals surface area contributed by atoms with Crippen LogP contribution in [-0.2, 0) is 12.4 Å². The van der Waals surface area contributed by atoms with Crippen LogP contribution < -0.4 is 0 Å². The number of alkyl halides is 1. The summed E-state index contributed by atoms with van der Waals surface area (Å²) in [6, 6.07) is 2.38. The summed E-state index contributed by atoms with van der Waals surface area (Å²) in [7, 11) is 2.19. The van der Waals surface area contributed by atoms with Crippen LogP contribution in [0.25, 0.3) is 11.2 Å². The van der Waals surface area contributed by atoms with E-state index in [1.807, 2.05) is 6.07 Å². The fourth-order valence-electron chi connectivity index (χ4n) is 2.91. The molecule has 1 saturated heterocycles. The van der Waals surface area contributed by atoms with E-state index in [1.165, 1.54) is 19.3 Å². The molecule has 0 spiro atoms. The first-order valence-electron chi connectivity index (χ1n) is 6.96. The number of hydrogen-bond donors (Lipinski definition) is 0. The molecule has 0 aromatic carbocycles. The van der Waals surface area contributed by atoms with Gasteiger partial charge in [-0.05, 0) is 32.5 Å². The zero-order chi connectivity index (χ0) is 14.1. The maximum atomic E-state index is 6.04. The molecule has 6 heteroatoms. The standard InChI is InChI=1S/C14H18Cl2N4/c1-19-5-3-2-4-11(19)9-20-13(7-15)18-12-6-10(16)8-17-14(12)20/h6,8,11H,2-5,7,9H2,1H3. The summed E-state index contributed by atoms with van der Waals surface area (Å²) < 4.78 is 2.14. The predicted molar refractivity (Wildman–Crippen MR) is 82.4 cm³/mol. The van der Waals surface area contributed by atoms with Crippen LogP contribution in [0, 0.1) is 0 Å². The Balaban J connectivity index is 1.96. The summed E-state index contributed by atoms with van der Waals surface area (Å²) in [5, 5.41) is 0.609. The Kier molecular flexibility index (Phi) is 4.15. The number of imidazole rings is 1. The first-order valence-corrected chi connectivity index (χ1v) is 7.87. The minimum absolute atomic E-state index is 0.393. The summed E-state index contributed by atoms with van der Waals surface area (Å²) in [4.78, 5) is 11.4. The highest BCUT2D eigenvalue weighted by Gasteiger charge is 2.22. The molecule has 4 nitrogen and oxygen atoms in total. The molecule has 1 aliphatic heterocycles. The predicted octanol–water partition coefficient (Wildman–Crippen LogP) is 3.31. The third-order valence-electron chi connectivity index (χ3n) is 4.06. The molecule has 1 aliphatic rings. The third kappa shape index (κ3) is 2.65. The molecule has 1 atom stereocenters. The van der Waals surface area contributed by atoms with Gasteiger partial charge in [0.2, 0.25) is 0 Å². The Morgan fingerprint density at radius 3 is 3.00 bits per heavy atom. The number of likely N-dealkylation sites (tertiary alicyclic amines) is 1. The third-order valence-corrected chi connectivity index (χ3v) is 4.51. The van der Waals surface area contributed by atoms with Crippen molar-refractivity contribution < 1.29 is 0 Å². The van der Waals surface area contributed by atoms with Crippen molar-refractivity contribution >= 4 is 34.4 Å². The second-order valence-corrected chi connectivity index (χ2v) is 6.10. The number of halogens is 2. The first-order chi connectivity index (χ1) is 9.69. The summed E-state index contributed by atoms with van der Waals surface area (Å²) in [6.45, 7) is 2.05. The Morgan fingerprint density at radius 2 is 2.25 bits per heavy atom. The van der Waals surface area contributed by atoms with Crippen LogP contribution in [0.15, 0.2) is 12.3 Å². The monoisotopic (exact) mass is 312 g/mol. The summed E-state index contributed by atoms with van der Waals surface area (Å²) >= 11 is 12.0. The Hall–Kier alpha value is -0.840. The molecule has 1 unspecified atom stereocenters. The van der Waals surface area contributed by atoms with E-state index in [9.17, 15) is 0 Å². The van der Waals surface area contributed by atoms with E-state index in [-0.39, 0.29) is 0 Å². The number of likely N-dealkylation sites (N-methyl/N-ethyl adjacent to an activating group) is 1. The Bertz CT molecular complexity index is 610. The summed E-state index contributed by atoms with van der Waals surface area (Å²) in [5.41, 5.74) is 1.70. The molecule has 2 aromatic heterocycles. The van der Waals surface area contributed by atoms with Gasteiger partial charge in [-0.2, -0.15) is 0 Å². The molecule has 0 radical (unpaired) electrons. The minimum Gasteiger partial charge on any atom is -0.310 e. The molecule has 0 aliphatic carbocycles. The van der Waals surface area contributed by atoms with Crippen molar-refractivity contribution in [2.45, 2.75) is 37.7 Å². The van der Waals surface area contributed by atoms with Crippen molar-refractivity contribution in [3.63, 3.8) is 0 Å². The van der Waals surface area contributed by atoms with Crippen molar-refractivity contribution in [2.24, 2.45) is 0 Å². The number of piperidine rings is 1. The molecule has 2 aromatic rings. The van der Waals surface area contributed by atoms with Gasteiger partial charge in [0.15, 0.2) is 5.65 Å². The SMILES string of the molecule is CN1CCCCC1Cn1c(CCl)nc2cc(Cl)cnc21. The minimum atomic E-state index is 0.393. The van der Waals surface area contributed by atoms with Crippen LogP contribution >= 0.6 is 23.2 Å². The fourth-order valence-corrected chi connectivity index (χ4v) is 3.27. The Morgan fingerprint density at radius 1 is 1.40 bits per heavy atom. The summed E-state index contributed by atoms with van der Waals surface area (Å²) in [5.74, 6) is 1.26. The van der Waals surface area contributed by atoms with Crippen LogP contribution in [-0.4, -0.2) is 39.1 Å². The van der Waals surface area contributed by atoms with Crippen LogP contribution in [0.2, 0.25) is 5.02 Å². The topological polar surface area (TPSA) is 34.0 Å². The van der Waals surface area contributed by atoms with Crippen LogP contribution in [0.3, 0.4) is 0 Å². The van der Waals surface area contributed by atoms with Crippen molar-refractivity contribution in [2.75, 3.05) is 13.6 Å². The van der Waals surface area contributed by atoms with Gasteiger partial charge in [-0.1, -0.05) is 18.0 Å². The zero-order valence-corrected chi connectivity index (χ0v) is 13.0. The lowest BCUT2D eigenvalue weighted by molar-refractivity contribution is 0.167. The van der Waals surface area contributed by atoms with Crippen molar-refractivity contribution in [3.05, 3.63) is 23.1 Å². The average molecular weight is 313 g/mol. The molecule has 1 fully saturated rings. The van der Waals surface area contributed by atoms with Gasteiger partial charge in [0, 0.05) is 18.8 Å². The average Bonchev–Trinajstić information content (AvgIpc) is 2.78. The van der Waals surface area contributed by atoms with Gasteiger partial charge in [-0.25, -0.2) is 9.97 Å². The normalized spacial score (nSPS) is 20.6. The highest BCUT2D eigenvalue weighted by atomic mass is 35.5. The molecule has 20 heavy (non-hydrogen) atoms. The fraction of sp³-hybridized carbons (Fsp3) is 0.571. The molecule has 0 saturated carbocycles.